The van der Waals surface area contributed by atoms with Crippen LogP contribution in [0.15, 0.2) is 16.2 Å². The predicted molar refractivity (Wildman–Crippen MR) is 73.9 cm³/mol. The number of hydrogen-bond donors (Lipinski definition) is 1. The molecular formula is C11H14N2O3S2. The topological polar surface area (TPSA) is 56.2 Å². The summed E-state index contributed by atoms with van der Waals surface area (Å²) in [4.78, 5) is 15.3. The minimum absolute atomic E-state index is 0.0816. The van der Waals surface area contributed by atoms with Gasteiger partial charge in [0.05, 0.1) is 24.8 Å². The molecule has 0 saturated carbocycles. The van der Waals surface area contributed by atoms with E-state index in [1.807, 2.05) is 11.4 Å². The lowest BCUT2D eigenvalue weighted by atomic mass is 10.3. The quantitative estimate of drug-likeness (QED) is 0.851. The van der Waals surface area contributed by atoms with Crippen molar-refractivity contribution in [3.05, 3.63) is 26.6 Å². The van der Waals surface area contributed by atoms with E-state index in [9.17, 15) is 4.79 Å². The van der Waals surface area contributed by atoms with E-state index in [2.05, 4.69) is 4.98 Å². The number of methoxy groups -OCH3 is 2. The van der Waals surface area contributed by atoms with Gasteiger partial charge < -0.3 is 14.5 Å². The lowest BCUT2D eigenvalue weighted by Crippen LogP contribution is -2.31. The molecule has 98 valence electrons. The highest BCUT2D eigenvalue weighted by atomic mass is 32.1. The second-order valence-corrected chi connectivity index (χ2v) is 5.13. The molecular weight excluding hydrogens is 272 g/mol. The van der Waals surface area contributed by atoms with E-state index in [1.165, 1.54) is 15.9 Å². The number of aromatic nitrogens is 2. The van der Waals surface area contributed by atoms with Gasteiger partial charge in [0.15, 0.2) is 4.77 Å². The summed E-state index contributed by atoms with van der Waals surface area (Å²) in [6.07, 6.45) is -0.194. The summed E-state index contributed by atoms with van der Waals surface area (Å²) in [5.41, 5.74) is 0.703. The number of nitrogens with zero attached hydrogens (tertiary/aromatic N) is 1. The lowest BCUT2D eigenvalue weighted by Gasteiger charge is -2.15. The highest BCUT2D eigenvalue weighted by Crippen LogP contribution is 2.14. The van der Waals surface area contributed by atoms with Crippen molar-refractivity contribution in [2.75, 3.05) is 20.8 Å². The van der Waals surface area contributed by atoms with Gasteiger partial charge in [-0.25, -0.2) is 0 Å². The van der Waals surface area contributed by atoms with E-state index in [-0.39, 0.29) is 11.7 Å². The van der Waals surface area contributed by atoms with Crippen LogP contribution in [0.2, 0.25) is 0 Å². The van der Waals surface area contributed by atoms with Crippen LogP contribution in [0.4, 0.5) is 0 Å². The fraction of sp³-hybridized carbons (Fsp3) is 0.455. The van der Waals surface area contributed by atoms with E-state index in [4.69, 9.17) is 21.7 Å². The van der Waals surface area contributed by atoms with Crippen LogP contribution in [-0.2, 0) is 16.0 Å². The molecule has 0 aliphatic heterocycles. The molecule has 1 unspecified atom stereocenters. The fourth-order valence-electron chi connectivity index (χ4n) is 1.72. The van der Waals surface area contributed by atoms with Crippen molar-refractivity contribution in [1.29, 1.82) is 0 Å². The van der Waals surface area contributed by atoms with E-state index in [0.717, 1.165) is 5.52 Å². The Labute approximate surface area is 113 Å². The zero-order chi connectivity index (χ0) is 13.1. The maximum atomic E-state index is 12.3. The number of thiophene rings is 1. The second kappa shape index (κ2) is 5.75. The van der Waals surface area contributed by atoms with Crippen LogP contribution < -0.4 is 5.56 Å². The summed E-state index contributed by atoms with van der Waals surface area (Å²) in [5, 5.41) is 1.87. The van der Waals surface area contributed by atoms with Crippen LogP contribution >= 0.6 is 23.6 Å². The van der Waals surface area contributed by atoms with Crippen LogP contribution in [0.25, 0.3) is 10.2 Å². The highest BCUT2D eigenvalue weighted by Gasteiger charge is 2.12. The van der Waals surface area contributed by atoms with Crippen molar-refractivity contribution in [2.24, 2.45) is 0 Å². The molecule has 2 aromatic rings. The molecule has 2 heterocycles. The minimum Gasteiger partial charge on any atom is -0.382 e. The monoisotopic (exact) mass is 286 g/mol. The van der Waals surface area contributed by atoms with Gasteiger partial charge in [-0.1, -0.05) is 0 Å². The number of H-pyrrole nitrogens is 1. The molecule has 7 heteroatoms. The molecule has 18 heavy (non-hydrogen) atoms. The van der Waals surface area contributed by atoms with Gasteiger partial charge in [-0.2, -0.15) is 0 Å². The molecule has 0 aromatic carbocycles. The molecule has 2 rings (SSSR count). The summed E-state index contributed by atoms with van der Waals surface area (Å²) in [6.45, 7) is 0.798. The summed E-state index contributed by atoms with van der Waals surface area (Å²) in [5.74, 6) is 0. The summed E-state index contributed by atoms with van der Waals surface area (Å²) in [7, 11) is 3.18. The molecule has 0 bridgehead atoms. The second-order valence-electron chi connectivity index (χ2n) is 3.82. The zero-order valence-electron chi connectivity index (χ0n) is 10.1. The third kappa shape index (κ3) is 2.54. The third-order valence-electron chi connectivity index (χ3n) is 2.66. The van der Waals surface area contributed by atoms with Crippen molar-refractivity contribution in [1.82, 2.24) is 9.55 Å². The van der Waals surface area contributed by atoms with Crippen molar-refractivity contribution >= 4 is 33.8 Å². The number of rotatable bonds is 5. The normalized spacial score (nSPS) is 13.0. The number of nitrogens with one attached hydrogen (secondary N) is 1. The highest BCUT2D eigenvalue weighted by molar-refractivity contribution is 7.71. The fourth-order valence-corrected chi connectivity index (χ4v) is 2.79. The minimum atomic E-state index is -0.194. The van der Waals surface area contributed by atoms with E-state index >= 15 is 0 Å². The zero-order valence-corrected chi connectivity index (χ0v) is 11.8. The average Bonchev–Trinajstić information content (AvgIpc) is 2.81. The lowest BCUT2D eigenvalue weighted by molar-refractivity contribution is 0.0175. The summed E-state index contributed by atoms with van der Waals surface area (Å²) in [6, 6.07) is 1.85. The molecule has 0 spiro atoms. The molecule has 0 fully saturated rings. The Hall–Kier alpha value is -1.02. The number of fused-ring (bicyclic) bond motifs is 1. The largest absolute Gasteiger partial charge is 0.382 e. The van der Waals surface area contributed by atoms with Crippen LogP contribution in [0.1, 0.15) is 0 Å². The van der Waals surface area contributed by atoms with Crippen LogP contribution in [-0.4, -0.2) is 36.5 Å². The molecule has 0 aliphatic carbocycles. The van der Waals surface area contributed by atoms with Crippen molar-refractivity contribution in [3.63, 3.8) is 0 Å². The first-order valence-electron chi connectivity index (χ1n) is 5.39. The van der Waals surface area contributed by atoms with Gasteiger partial charge in [-0.15, -0.1) is 11.3 Å². The van der Waals surface area contributed by atoms with Crippen LogP contribution in [0, 0.1) is 4.77 Å². The standard InChI is InChI=1S/C11H14N2O3S2/c1-15-6-7(16-2)5-13-10(14)9-8(3-4-18-9)12-11(13)17/h3-4,7H,5-6H2,1-2H3,(H,12,17). The Balaban J connectivity index is 2.44. The molecule has 0 radical (unpaired) electrons. The van der Waals surface area contributed by atoms with Crippen LogP contribution in [0.3, 0.4) is 0 Å². The number of ether oxygens (including phenoxy) is 2. The Morgan fingerprint density at radius 3 is 3.00 bits per heavy atom. The van der Waals surface area contributed by atoms with Crippen molar-refractivity contribution in [2.45, 2.75) is 12.6 Å². The predicted octanol–water partition coefficient (Wildman–Crippen LogP) is 1.78. The molecule has 0 amide bonds. The molecule has 2 aromatic heterocycles. The molecule has 0 saturated heterocycles. The van der Waals surface area contributed by atoms with Gasteiger partial charge in [-0.3, -0.25) is 9.36 Å². The first-order valence-corrected chi connectivity index (χ1v) is 6.68. The van der Waals surface area contributed by atoms with E-state index < -0.39 is 0 Å². The molecule has 5 nitrogen and oxygen atoms in total. The van der Waals surface area contributed by atoms with Gasteiger partial charge in [-0.05, 0) is 23.7 Å². The molecule has 1 N–H and O–H groups in total. The van der Waals surface area contributed by atoms with Gasteiger partial charge in [0.2, 0.25) is 0 Å². The molecule has 0 aliphatic rings. The maximum absolute atomic E-state index is 12.3. The SMILES string of the molecule is COCC(Cn1c(=S)[nH]c2ccsc2c1=O)OC. The Bertz CT molecular complexity index is 644. The van der Waals surface area contributed by atoms with Crippen LogP contribution in [0.5, 0.6) is 0 Å². The smallest absolute Gasteiger partial charge is 0.272 e. The summed E-state index contributed by atoms with van der Waals surface area (Å²) >= 11 is 6.60. The van der Waals surface area contributed by atoms with E-state index in [0.29, 0.717) is 22.6 Å². The maximum Gasteiger partial charge on any atom is 0.272 e. The number of hydrogen-bond acceptors (Lipinski definition) is 5. The average molecular weight is 286 g/mol. The van der Waals surface area contributed by atoms with Gasteiger partial charge in [0, 0.05) is 14.2 Å². The Morgan fingerprint density at radius 2 is 2.33 bits per heavy atom. The van der Waals surface area contributed by atoms with Gasteiger partial charge in [0.25, 0.3) is 5.56 Å². The molecule has 1 atom stereocenters. The summed E-state index contributed by atoms with van der Waals surface area (Å²) < 4.78 is 12.9. The van der Waals surface area contributed by atoms with Gasteiger partial charge in [0.1, 0.15) is 4.70 Å². The first kappa shape index (κ1) is 13.4. The first-order chi connectivity index (χ1) is 8.67. The van der Waals surface area contributed by atoms with E-state index in [1.54, 1.807) is 14.2 Å². The van der Waals surface area contributed by atoms with Gasteiger partial charge >= 0.3 is 0 Å². The Kier molecular flexibility index (Phi) is 4.28. The van der Waals surface area contributed by atoms with Crippen molar-refractivity contribution in [3.8, 4) is 0 Å². The van der Waals surface area contributed by atoms with Crippen molar-refractivity contribution < 1.29 is 9.47 Å². The Morgan fingerprint density at radius 1 is 1.56 bits per heavy atom. The number of aromatic amines is 1. The third-order valence-corrected chi connectivity index (χ3v) is 3.89.